The molecule has 0 amide bonds. The van der Waals surface area contributed by atoms with Crippen LogP contribution in [-0.4, -0.2) is 20.2 Å². The molecule has 0 radical (unpaired) electrons. The molecule has 0 atom stereocenters. The van der Waals surface area contributed by atoms with Crippen LogP contribution < -0.4 is 0 Å². The summed E-state index contributed by atoms with van der Waals surface area (Å²) in [6.45, 7) is 1.96. The van der Waals surface area contributed by atoms with E-state index in [4.69, 9.17) is 0 Å². The molecule has 3 aromatic heterocycles. The third-order valence-electron chi connectivity index (χ3n) is 2.74. The van der Waals surface area contributed by atoms with E-state index in [1.54, 1.807) is 6.20 Å². The second-order valence-corrected chi connectivity index (χ2v) is 4.18. The maximum atomic E-state index is 4.43. The van der Waals surface area contributed by atoms with Crippen LogP contribution in [0, 0.1) is 6.92 Å². The quantitative estimate of drug-likeness (QED) is 0.699. The second-order valence-electron chi connectivity index (χ2n) is 4.18. The molecule has 4 heteroatoms. The van der Waals surface area contributed by atoms with Gasteiger partial charge in [-0.1, -0.05) is 12.1 Å². The Kier molecular flexibility index (Phi) is 2.98. The van der Waals surface area contributed by atoms with Crippen molar-refractivity contribution in [1.29, 1.82) is 0 Å². The Morgan fingerprint density at radius 2 is 1.42 bits per heavy atom. The summed E-state index contributed by atoms with van der Waals surface area (Å²) in [5, 5.41) is 8.42. The third-order valence-corrected chi connectivity index (χ3v) is 2.74. The second kappa shape index (κ2) is 4.94. The smallest absolute Gasteiger partial charge is 0.111 e. The fraction of sp³-hybridized carbons (Fsp3) is 0.0667. The van der Waals surface area contributed by atoms with E-state index in [9.17, 15) is 0 Å². The molecule has 0 bridgehead atoms. The van der Waals surface area contributed by atoms with Crippen LogP contribution in [0.25, 0.3) is 22.8 Å². The van der Waals surface area contributed by atoms with Gasteiger partial charge in [-0.15, -0.1) is 10.2 Å². The van der Waals surface area contributed by atoms with Gasteiger partial charge in [0.15, 0.2) is 0 Å². The van der Waals surface area contributed by atoms with Crippen LogP contribution in [0.15, 0.2) is 54.7 Å². The summed E-state index contributed by atoms with van der Waals surface area (Å²) >= 11 is 0. The van der Waals surface area contributed by atoms with Gasteiger partial charge in [0.2, 0.25) is 0 Å². The van der Waals surface area contributed by atoms with E-state index in [0.29, 0.717) is 0 Å². The van der Waals surface area contributed by atoms with E-state index < -0.39 is 0 Å². The summed E-state index contributed by atoms with van der Waals surface area (Å²) < 4.78 is 0. The Morgan fingerprint density at radius 1 is 0.684 bits per heavy atom. The van der Waals surface area contributed by atoms with Gasteiger partial charge in [-0.25, -0.2) is 0 Å². The lowest BCUT2D eigenvalue weighted by molar-refractivity contribution is 1.02. The highest BCUT2D eigenvalue weighted by molar-refractivity contribution is 5.58. The molecule has 3 rings (SSSR count). The van der Waals surface area contributed by atoms with Crippen molar-refractivity contribution >= 4 is 0 Å². The van der Waals surface area contributed by atoms with E-state index in [2.05, 4.69) is 20.2 Å². The van der Waals surface area contributed by atoms with Crippen molar-refractivity contribution in [2.24, 2.45) is 0 Å². The molecule has 3 aromatic rings. The number of aromatic nitrogens is 4. The molecule has 0 saturated heterocycles. The SMILES string of the molecule is Cc1cccc(-c2ccc(-c3ccccn3)nn2)n1. The maximum Gasteiger partial charge on any atom is 0.111 e. The van der Waals surface area contributed by atoms with Gasteiger partial charge in [-0.3, -0.25) is 9.97 Å². The first kappa shape index (κ1) is 11.5. The fourth-order valence-electron chi connectivity index (χ4n) is 1.81. The fourth-order valence-corrected chi connectivity index (χ4v) is 1.81. The monoisotopic (exact) mass is 248 g/mol. The molecule has 92 valence electrons. The Hall–Kier alpha value is -2.62. The molecule has 0 N–H and O–H groups in total. The minimum absolute atomic E-state index is 0.761. The van der Waals surface area contributed by atoms with Gasteiger partial charge >= 0.3 is 0 Å². The van der Waals surface area contributed by atoms with Crippen LogP contribution in [0.3, 0.4) is 0 Å². The average molecular weight is 248 g/mol. The molecule has 0 unspecified atom stereocenters. The summed E-state index contributed by atoms with van der Waals surface area (Å²) in [5.41, 5.74) is 4.15. The first-order valence-electron chi connectivity index (χ1n) is 6.02. The number of hydrogen-bond acceptors (Lipinski definition) is 4. The summed E-state index contributed by atoms with van der Waals surface area (Å²) in [6, 6.07) is 15.4. The standard InChI is InChI=1S/C15H12N4/c1-11-5-4-7-13(17-11)15-9-8-14(18-19-15)12-6-2-3-10-16-12/h2-10H,1H3. The van der Waals surface area contributed by atoms with Crippen molar-refractivity contribution in [2.45, 2.75) is 6.92 Å². The van der Waals surface area contributed by atoms with E-state index in [-0.39, 0.29) is 0 Å². The molecule has 3 heterocycles. The van der Waals surface area contributed by atoms with Gasteiger partial charge in [0.05, 0.1) is 11.4 Å². The highest BCUT2D eigenvalue weighted by atomic mass is 15.1. The summed E-state index contributed by atoms with van der Waals surface area (Å²) in [5.74, 6) is 0. The van der Waals surface area contributed by atoms with Crippen LogP contribution in [-0.2, 0) is 0 Å². The van der Waals surface area contributed by atoms with Gasteiger partial charge in [-0.2, -0.15) is 0 Å². The van der Waals surface area contributed by atoms with E-state index in [1.165, 1.54) is 0 Å². The Labute approximate surface area is 111 Å². The molecule has 0 saturated carbocycles. The normalized spacial score (nSPS) is 10.4. The zero-order valence-electron chi connectivity index (χ0n) is 10.5. The van der Waals surface area contributed by atoms with Gasteiger partial charge in [-0.05, 0) is 43.3 Å². The molecular formula is C15H12N4. The molecule has 0 spiro atoms. The van der Waals surface area contributed by atoms with Crippen molar-refractivity contribution in [3.63, 3.8) is 0 Å². The van der Waals surface area contributed by atoms with E-state index in [0.717, 1.165) is 28.5 Å². The van der Waals surface area contributed by atoms with Gasteiger partial charge < -0.3 is 0 Å². The number of nitrogens with zero attached hydrogens (tertiary/aromatic N) is 4. The predicted molar refractivity (Wildman–Crippen MR) is 73.2 cm³/mol. The van der Waals surface area contributed by atoms with Crippen molar-refractivity contribution in [3.8, 4) is 22.8 Å². The Balaban J connectivity index is 1.95. The van der Waals surface area contributed by atoms with Gasteiger partial charge in [0.1, 0.15) is 11.4 Å². The minimum atomic E-state index is 0.761. The van der Waals surface area contributed by atoms with Crippen LogP contribution in [0.4, 0.5) is 0 Å². The summed E-state index contributed by atoms with van der Waals surface area (Å²) in [7, 11) is 0. The van der Waals surface area contributed by atoms with Crippen molar-refractivity contribution in [1.82, 2.24) is 20.2 Å². The Morgan fingerprint density at radius 3 is 2.05 bits per heavy atom. The highest BCUT2D eigenvalue weighted by Gasteiger charge is 2.04. The minimum Gasteiger partial charge on any atom is -0.255 e. The molecule has 0 aromatic carbocycles. The lowest BCUT2D eigenvalue weighted by Crippen LogP contribution is -1.94. The first-order chi connectivity index (χ1) is 9.33. The molecule has 0 aliphatic carbocycles. The molecule has 0 aliphatic rings. The third kappa shape index (κ3) is 2.47. The van der Waals surface area contributed by atoms with E-state index >= 15 is 0 Å². The number of pyridine rings is 2. The number of aryl methyl sites for hydroxylation is 1. The number of hydrogen-bond donors (Lipinski definition) is 0. The van der Waals surface area contributed by atoms with Crippen molar-refractivity contribution < 1.29 is 0 Å². The van der Waals surface area contributed by atoms with Crippen LogP contribution in [0.2, 0.25) is 0 Å². The molecule has 19 heavy (non-hydrogen) atoms. The maximum absolute atomic E-state index is 4.43. The summed E-state index contributed by atoms with van der Waals surface area (Å²) in [4.78, 5) is 8.68. The molecular weight excluding hydrogens is 236 g/mol. The van der Waals surface area contributed by atoms with Crippen LogP contribution >= 0.6 is 0 Å². The zero-order valence-corrected chi connectivity index (χ0v) is 10.5. The van der Waals surface area contributed by atoms with Gasteiger partial charge in [0.25, 0.3) is 0 Å². The summed E-state index contributed by atoms with van der Waals surface area (Å²) in [6.07, 6.45) is 1.74. The molecule has 4 nitrogen and oxygen atoms in total. The lowest BCUT2D eigenvalue weighted by Gasteiger charge is -2.02. The number of rotatable bonds is 2. The topological polar surface area (TPSA) is 51.6 Å². The van der Waals surface area contributed by atoms with Crippen molar-refractivity contribution in [3.05, 3.63) is 60.4 Å². The van der Waals surface area contributed by atoms with Gasteiger partial charge in [0, 0.05) is 11.9 Å². The first-order valence-corrected chi connectivity index (χ1v) is 6.02. The predicted octanol–water partition coefficient (Wildman–Crippen LogP) is 2.91. The molecule has 0 fully saturated rings. The molecule has 0 aliphatic heterocycles. The average Bonchev–Trinajstić information content (AvgIpc) is 2.48. The zero-order chi connectivity index (χ0) is 13.1. The highest BCUT2D eigenvalue weighted by Crippen LogP contribution is 2.17. The van der Waals surface area contributed by atoms with Crippen molar-refractivity contribution in [2.75, 3.05) is 0 Å². The van der Waals surface area contributed by atoms with E-state index in [1.807, 2.05) is 55.5 Å². The lowest BCUT2D eigenvalue weighted by atomic mass is 10.2. The van der Waals surface area contributed by atoms with Crippen LogP contribution in [0.1, 0.15) is 5.69 Å². The van der Waals surface area contributed by atoms with Crippen LogP contribution in [0.5, 0.6) is 0 Å². The Bertz CT molecular complexity index is 678. The largest absolute Gasteiger partial charge is 0.255 e.